The van der Waals surface area contributed by atoms with Gasteiger partial charge < -0.3 is 4.74 Å². The van der Waals surface area contributed by atoms with Crippen molar-refractivity contribution >= 4 is 10.0 Å². The molecule has 1 fully saturated rings. The van der Waals surface area contributed by atoms with E-state index in [0.717, 1.165) is 37.0 Å². The molecule has 0 bridgehead atoms. The van der Waals surface area contributed by atoms with E-state index >= 15 is 0 Å². The van der Waals surface area contributed by atoms with E-state index in [-0.39, 0.29) is 16.7 Å². The first kappa shape index (κ1) is 22.1. The van der Waals surface area contributed by atoms with Gasteiger partial charge in [0, 0.05) is 38.6 Å². The Bertz CT molecular complexity index is 1250. The van der Waals surface area contributed by atoms with Gasteiger partial charge in [0.1, 0.15) is 11.6 Å². The molecule has 2 aliphatic heterocycles. The molecule has 5 nitrogen and oxygen atoms in total. The zero-order chi connectivity index (χ0) is 23.0. The van der Waals surface area contributed by atoms with Gasteiger partial charge in [0.15, 0.2) is 0 Å². The molecule has 0 N–H and O–H groups in total. The largest absolute Gasteiger partial charge is 0.497 e. The number of likely N-dealkylation sites (tertiary alicyclic amines) is 1. The number of hydrogen-bond donors (Lipinski definition) is 0. The maximum atomic E-state index is 13.8. The van der Waals surface area contributed by atoms with Gasteiger partial charge in [0.2, 0.25) is 10.0 Å². The summed E-state index contributed by atoms with van der Waals surface area (Å²) in [6, 6.07) is 21.5. The molecule has 172 valence electrons. The Hall–Kier alpha value is -2.74. The first-order chi connectivity index (χ1) is 15.9. The van der Waals surface area contributed by atoms with Crippen LogP contribution in [0.15, 0.2) is 77.7 Å². The summed E-state index contributed by atoms with van der Waals surface area (Å²) in [7, 11) is -2.16. The lowest BCUT2D eigenvalue weighted by Gasteiger charge is -2.24. The number of nitrogens with zero attached hydrogens (tertiary/aromatic N) is 2. The van der Waals surface area contributed by atoms with Gasteiger partial charge >= 0.3 is 0 Å². The highest BCUT2D eigenvalue weighted by atomic mass is 32.2. The highest BCUT2D eigenvalue weighted by Crippen LogP contribution is 2.40. The molecular formula is C26H27FN2O3S. The average molecular weight is 467 g/mol. The highest BCUT2D eigenvalue weighted by Gasteiger charge is 2.41. The lowest BCUT2D eigenvalue weighted by Crippen LogP contribution is -2.35. The third kappa shape index (κ3) is 4.40. The Morgan fingerprint density at radius 2 is 1.76 bits per heavy atom. The molecule has 2 heterocycles. The van der Waals surface area contributed by atoms with E-state index in [2.05, 4.69) is 23.1 Å². The monoisotopic (exact) mass is 466 g/mol. The van der Waals surface area contributed by atoms with Crippen LogP contribution in [0, 0.1) is 11.7 Å². The molecule has 0 spiro atoms. The molecule has 2 aliphatic rings. The van der Waals surface area contributed by atoms with Crippen LogP contribution >= 0.6 is 0 Å². The average Bonchev–Trinajstić information content (AvgIpc) is 3.14. The minimum atomic E-state index is -3.81. The van der Waals surface area contributed by atoms with Crippen molar-refractivity contribution in [2.75, 3.05) is 26.7 Å². The highest BCUT2D eigenvalue weighted by molar-refractivity contribution is 7.89. The minimum Gasteiger partial charge on any atom is -0.497 e. The summed E-state index contributed by atoms with van der Waals surface area (Å²) in [5.41, 5.74) is 3.44. The number of sulfonamides is 1. The standard InChI is InChI=1S/C26H27FN2O3S/c1-32-23-11-9-19(10-12-23)14-28-15-21-17-29(33(30,31)24-7-4-6-22(27)13-24)16-20-5-2-3-8-25(20)26(21)18-28/h2-13,21,26H,14-18H2,1H3/t21-,26+/m0/s1. The van der Waals surface area contributed by atoms with Gasteiger partial charge in [-0.05, 0) is 52.9 Å². The van der Waals surface area contributed by atoms with E-state index in [1.807, 2.05) is 30.3 Å². The van der Waals surface area contributed by atoms with E-state index < -0.39 is 15.8 Å². The number of hydrogen-bond acceptors (Lipinski definition) is 4. The van der Waals surface area contributed by atoms with Gasteiger partial charge in [0.25, 0.3) is 0 Å². The fraction of sp³-hybridized carbons (Fsp3) is 0.308. The molecular weight excluding hydrogens is 439 g/mol. The summed E-state index contributed by atoms with van der Waals surface area (Å²) in [5.74, 6) is 0.704. The number of benzene rings is 3. The van der Waals surface area contributed by atoms with Crippen molar-refractivity contribution in [3.05, 3.63) is 95.3 Å². The molecule has 0 unspecified atom stereocenters. The maximum absolute atomic E-state index is 13.8. The molecule has 2 atom stereocenters. The molecule has 0 aromatic heterocycles. The van der Waals surface area contributed by atoms with Crippen molar-refractivity contribution in [3.63, 3.8) is 0 Å². The van der Waals surface area contributed by atoms with Crippen LogP contribution in [0.5, 0.6) is 5.75 Å². The van der Waals surface area contributed by atoms with Gasteiger partial charge in [-0.25, -0.2) is 12.8 Å². The number of rotatable bonds is 5. The lowest BCUT2D eigenvalue weighted by atomic mass is 9.87. The second-order valence-electron chi connectivity index (χ2n) is 8.86. The predicted molar refractivity (Wildman–Crippen MR) is 125 cm³/mol. The molecule has 0 radical (unpaired) electrons. The zero-order valence-corrected chi connectivity index (χ0v) is 19.3. The number of halogens is 1. The van der Waals surface area contributed by atoms with Gasteiger partial charge in [0.05, 0.1) is 12.0 Å². The second kappa shape index (κ2) is 8.89. The van der Waals surface area contributed by atoms with E-state index in [4.69, 9.17) is 4.74 Å². The van der Waals surface area contributed by atoms with Crippen molar-refractivity contribution in [1.29, 1.82) is 0 Å². The van der Waals surface area contributed by atoms with Crippen LogP contribution in [0.1, 0.15) is 22.6 Å². The van der Waals surface area contributed by atoms with Gasteiger partial charge in [-0.1, -0.05) is 42.5 Å². The maximum Gasteiger partial charge on any atom is 0.243 e. The molecule has 0 saturated carbocycles. The third-order valence-electron chi connectivity index (χ3n) is 6.76. The number of methoxy groups -OCH3 is 1. The Balaban J connectivity index is 1.43. The normalized spacial score (nSPS) is 21.3. The van der Waals surface area contributed by atoms with Gasteiger partial charge in [-0.15, -0.1) is 0 Å². The van der Waals surface area contributed by atoms with E-state index in [9.17, 15) is 12.8 Å². The van der Waals surface area contributed by atoms with Crippen LogP contribution in [0.4, 0.5) is 4.39 Å². The van der Waals surface area contributed by atoms with Crippen LogP contribution in [-0.2, 0) is 23.1 Å². The summed E-state index contributed by atoms with van der Waals surface area (Å²) in [5, 5.41) is 0. The number of ether oxygens (including phenoxy) is 1. The smallest absolute Gasteiger partial charge is 0.243 e. The van der Waals surface area contributed by atoms with E-state index in [1.165, 1.54) is 33.6 Å². The Kier molecular flexibility index (Phi) is 5.95. The van der Waals surface area contributed by atoms with Crippen molar-refractivity contribution in [1.82, 2.24) is 9.21 Å². The number of fused-ring (bicyclic) bond motifs is 3. The first-order valence-corrected chi connectivity index (χ1v) is 12.6. The fourth-order valence-electron chi connectivity index (χ4n) is 5.13. The SMILES string of the molecule is COc1ccc(CN2C[C@H]3CN(S(=O)(=O)c4cccc(F)c4)Cc4ccccc4[C@@H]3C2)cc1. The first-order valence-electron chi connectivity index (χ1n) is 11.1. The van der Waals surface area contributed by atoms with Crippen LogP contribution in [0.2, 0.25) is 0 Å². The fourth-order valence-corrected chi connectivity index (χ4v) is 6.64. The van der Waals surface area contributed by atoms with Crippen molar-refractivity contribution in [2.24, 2.45) is 5.92 Å². The summed E-state index contributed by atoms with van der Waals surface area (Å²) in [6.07, 6.45) is 0. The Morgan fingerprint density at radius 1 is 0.970 bits per heavy atom. The van der Waals surface area contributed by atoms with Gasteiger partial charge in [-0.3, -0.25) is 4.90 Å². The van der Waals surface area contributed by atoms with Crippen LogP contribution in [0.3, 0.4) is 0 Å². The van der Waals surface area contributed by atoms with Crippen molar-refractivity contribution in [2.45, 2.75) is 23.9 Å². The summed E-state index contributed by atoms with van der Waals surface area (Å²) >= 11 is 0. The zero-order valence-electron chi connectivity index (χ0n) is 18.5. The third-order valence-corrected chi connectivity index (χ3v) is 8.56. The minimum absolute atomic E-state index is 0.00603. The van der Waals surface area contributed by atoms with Crippen LogP contribution < -0.4 is 4.74 Å². The molecule has 5 rings (SSSR count). The van der Waals surface area contributed by atoms with Gasteiger partial charge in [-0.2, -0.15) is 4.31 Å². The predicted octanol–water partition coefficient (Wildman–Crippen LogP) is 4.25. The van der Waals surface area contributed by atoms with E-state index in [1.54, 1.807) is 7.11 Å². The quantitative estimate of drug-likeness (QED) is 0.564. The van der Waals surface area contributed by atoms with Crippen molar-refractivity contribution in [3.8, 4) is 5.75 Å². The summed E-state index contributed by atoms with van der Waals surface area (Å²) in [6.45, 7) is 3.20. The molecule has 3 aromatic rings. The Labute approximate surface area is 194 Å². The lowest BCUT2D eigenvalue weighted by molar-refractivity contribution is 0.293. The molecule has 3 aromatic carbocycles. The van der Waals surface area contributed by atoms with E-state index in [0.29, 0.717) is 13.1 Å². The van der Waals surface area contributed by atoms with Crippen molar-refractivity contribution < 1.29 is 17.5 Å². The summed E-state index contributed by atoms with van der Waals surface area (Å²) in [4.78, 5) is 2.40. The molecule has 0 amide bonds. The molecule has 33 heavy (non-hydrogen) atoms. The molecule has 7 heteroatoms. The topological polar surface area (TPSA) is 49.9 Å². The Morgan fingerprint density at radius 3 is 2.52 bits per heavy atom. The molecule has 0 aliphatic carbocycles. The second-order valence-corrected chi connectivity index (χ2v) is 10.8. The van der Waals surface area contributed by atoms with Crippen LogP contribution in [-0.4, -0.2) is 44.4 Å². The van der Waals surface area contributed by atoms with Crippen LogP contribution in [0.25, 0.3) is 0 Å². The molecule has 1 saturated heterocycles. The summed E-state index contributed by atoms with van der Waals surface area (Å²) < 4.78 is 47.5.